The van der Waals surface area contributed by atoms with Crippen molar-refractivity contribution in [1.29, 1.82) is 0 Å². The number of aromatic nitrogens is 2. The zero-order chi connectivity index (χ0) is 14.3. The highest BCUT2D eigenvalue weighted by atomic mass is 16.5. The number of benzene rings is 1. The van der Waals surface area contributed by atoms with Crippen molar-refractivity contribution in [2.24, 2.45) is 0 Å². The molecule has 0 radical (unpaired) electrons. The first-order chi connectivity index (χ1) is 9.65. The minimum atomic E-state index is 0.524. The molecule has 0 atom stereocenters. The van der Waals surface area contributed by atoms with Crippen LogP contribution in [0.3, 0.4) is 0 Å². The van der Waals surface area contributed by atoms with Crippen molar-refractivity contribution in [2.45, 2.75) is 25.8 Å². The van der Waals surface area contributed by atoms with Crippen LogP contribution in [0.25, 0.3) is 11.3 Å². The highest BCUT2D eigenvalue weighted by Crippen LogP contribution is 2.41. The molecular formula is C15H19N3O2. The molecule has 1 aromatic carbocycles. The van der Waals surface area contributed by atoms with Crippen LogP contribution in [0.5, 0.6) is 11.5 Å². The molecule has 5 nitrogen and oxygen atoms in total. The summed E-state index contributed by atoms with van der Waals surface area (Å²) < 4.78 is 12.7. The van der Waals surface area contributed by atoms with Gasteiger partial charge in [0.15, 0.2) is 11.5 Å². The van der Waals surface area contributed by atoms with E-state index < -0.39 is 0 Å². The molecule has 0 aliphatic heterocycles. The SMILES string of the molecule is COc1ccc(-c2nc(C)n(C3CC3)c2N)cc1OC. The van der Waals surface area contributed by atoms with Crippen molar-refractivity contribution in [1.82, 2.24) is 9.55 Å². The zero-order valence-electron chi connectivity index (χ0n) is 12.0. The Balaban J connectivity index is 2.07. The molecule has 1 aliphatic carbocycles. The number of methoxy groups -OCH3 is 2. The quantitative estimate of drug-likeness (QED) is 0.930. The molecule has 2 N–H and O–H groups in total. The molecule has 20 heavy (non-hydrogen) atoms. The van der Waals surface area contributed by atoms with Gasteiger partial charge in [0.25, 0.3) is 0 Å². The normalized spacial score (nSPS) is 14.3. The first-order valence-corrected chi connectivity index (χ1v) is 6.72. The third-order valence-corrected chi connectivity index (χ3v) is 3.69. The number of ether oxygens (including phenoxy) is 2. The van der Waals surface area contributed by atoms with Crippen molar-refractivity contribution >= 4 is 5.82 Å². The Kier molecular flexibility index (Phi) is 3.04. The standard InChI is InChI=1S/C15H19N3O2/c1-9-17-14(15(16)18(9)11-5-6-11)10-4-7-12(19-2)13(8-10)20-3/h4,7-8,11H,5-6,16H2,1-3H3. The first kappa shape index (κ1) is 12.8. The maximum absolute atomic E-state index is 6.27. The van der Waals surface area contributed by atoms with E-state index in [0.717, 1.165) is 22.9 Å². The number of nitrogens with two attached hydrogens (primary N) is 1. The third-order valence-electron chi connectivity index (χ3n) is 3.69. The van der Waals surface area contributed by atoms with Crippen LogP contribution in [0.1, 0.15) is 24.7 Å². The summed E-state index contributed by atoms with van der Waals surface area (Å²) in [4.78, 5) is 4.61. The molecule has 0 bridgehead atoms. The molecule has 0 saturated heterocycles. The summed E-state index contributed by atoms with van der Waals surface area (Å²) in [5.41, 5.74) is 8.03. The summed E-state index contributed by atoms with van der Waals surface area (Å²) >= 11 is 0. The van der Waals surface area contributed by atoms with Crippen LogP contribution in [-0.2, 0) is 0 Å². The van der Waals surface area contributed by atoms with Gasteiger partial charge in [0.05, 0.1) is 14.2 Å². The van der Waals surface area contributed by atoms with E-state index in [1.54, 1.807) is 14.2 Å². The van der Waals surface area contributed by atoms with Crippen LogP contribution in [-0.4, -0.2) is 23.8 Å². The summed E-state index contributed by atoms with van der Waals surface area (Å²) in [7, 11) is 3.25. The Bertz CT molecular complexity index is 645. The largest absolute Gasteiger partial charge is 0.493 e. The van der Waals surface area contributed by atoms with Crippen molar-refractivity contribution in [3.05, 3.63) is 24.0 Å². The van der Waals surface area contributed by atoms with Crippen LogP contribution in [0.4, 0.5) is 5.82 Å². The highest BCUT2D eigenvalue weighted by Gasteiger charge is 2.28. The van der Waals surface area contributed by atoms with Gasteiger partial charge in [0, 0.05) is 11.6 Å². The van der Waals surface area contributed by atoms with Crippen LogP contribution < -0.4 is 15.2 Å². The summed E-state index contributed by atoms with van der Waals surface area (Å²) in [6.45, 7) is 2.00. The fraction of sp³-hybridized carbons (Fsp3) is 0.400. The number of hydrogen-bond acceptors (Lipinski definition) is 4. The second-order valence-electron chi connectivity index (χ2n) is 5.06. The van der Waals surface area contributed by atoms with E-state index in [4.69, 9.17) is 15.2 Å². The lowest BCUT2D eigenvalue weighted by atomic mass is 10.1. The number of anilines is 1. The van der Waals surface area contributed by atoms with E-state index in [1.807, 2.05) is 25.1 Å². The van der Waals surface area contributed by atoms with Crippen LogP contribution in [0, 0.1) is 6.92 Å². The molecule has 5 heteroatoms. The van der Waals surface area contributed by atoms with Gasteiger partial charge in [-0.1, -0.05) is 0 Å². The van der Waals surface area contributed by atoms with Gasteiger partial charge >= 0.3 is 0 Å². The van der Waals surface area contributed by atoms with Crippen molar-refractivity contribution in [3.8, 4) is 22.8 Å². The lowest BCUT2D eigenvalue weighted by molar-refractivity contribution is 0.355. The summed E-state index contributed by atoms with van der Waals surface area (Å²) in [5.74, 6) is 3.09. The molecule has 106 valence electrons. The van der Waals surface area contributed by atoms with Crippen molar-refractivity contribution in [3.63, 3.8) is 0 Å². The molecule has 1 fully saturated rings. The van der Waals surface area contributed by atoms with Gasteiger partial charge in [0.1, 0.15) is 17.3 Å². The number of rotatable bonds is 4. The van der Waals surface area contributed by atoms with E-state index in [-0.39, 0.29) is 0 Å². The lowest BCUT2D eigenvalue weighted by Crippen LogP contribution is -2.02. The number of hydrogen-bond donors (Lipinski definition) is 1. The third kappa shape index (κ3) is 1.99. The van der Waals surface area contributed by atoms with Gasteiger partial charge < -0.3 is 19.8 Å². The predicted octanol–water partition coefficient (Wildman–Crippen LogP) is 2.79. The molecule has 1 aromatic heterocycles. The van der Waals surface area contributed by atoms with Crippen LogP contribution in [0.2, 0.25) is 0 Å². The highest BCUT2D eigenvalue weighted by molar-refractivity contribution is 5.73. The molecule has 1 saturated carbocycles. The van der Waals surface area contributed by atoms with E-state index >= 15 is 0 Å². The fourth-order valence-electron chi connectivity index (χ4n) is 2.55. The lowest BCUT2D eigenvalue weighted by Gasteiger charge is -2.09. The monoisotopic (exact) mass is 273 g/mol. The minimum absolute atomic E-state index is 0.524. The fourth-order valence-corrected chi connectivity index (χ4v) is 2.55. The summed E-state index contributed by atoms with van der Waals surface area (Å²) in [6, 6.07) is 6.26. The van der Waals surface area contributed by atoms with Crippen molar-refractivity contribution in [2.75, 3.05) is 20.0 Å². The Morgan fingerprint density at radius 2 is 1.90 bits per heavy atom. The number of nitrogen functional groups attached to an aromatic ring is 1. The number of nitrogens with zero attached hydrogens (tertiary/aromatic N) is 2. The second kappa shape index (κ2) is 4.74. The van der Waals surface area contributed by atoms with Gasteiger partial charge in [0.2, 0.25) is 0 Å². The molecule has 2 aromatic rings. The van der Waals surface area contributed by atoms with E-state index in [1.165, 1.54) is 12.8 Å². The Labute approximate surface area is 118 Å². The Morgan fingerprint density at radius 1 is 1.20 bits per heavy atom. The molecule has 0 unspecified atom stereocenters. The van der Waals surface area contributed by atoms with E-state index in [9.17, 15) is 0 Å². The molecule has 0 spiro atoms. The Hall–Kier alpha value is -2.17. The first-order valence-electron chi connectivity index (χ1n) is 6.72. The smallest absolute Gasteiger partial charge is 0.161 e. The average Bonchev–Trinajstić information content (AvgIpc) is 3.24. The predicted molar refractivity (Wildman–Crippen MR) is 78.2 cm³/mol. The van der Waals surface area contributed by atoms with Crippen molar-refractivity contribution < 1.29 is 9.47 Å². The average molecular weight is 273 g/mol. The van der Waals surface area contributed by atoms with E-state index in [0.29, 0.717) is 17.5 Å². The van der Waals surface area contributed by atoms with Gasteiger partial charge in [-0.05, 0) is 38.0 Å². The molecular weight excluding hydrogens is 254 g/mol. The topological polar surface area (TPSA) is 62.3 Å². The Morgan fingerprint density at radius 3 is 2.50 bits per heavy atom. The van der Waals surface area contributed by atoms with Crippen LogP contribution in [0.15, 0.2) is 18.2 Å². The van der Waals surface area contributed by atoms with Gasteiger partial charge in [-0.3, -0.25) is 0 Å². The minimum Gasteiger partial charge on any atom is -0.493 e. The summed E-state index contributed by atoms with van der Waals surface area (Å²) in [6.07, 6.45) is 2.37. The van der Waals surface area contributed by atoms with Crippen LogP contribution >= 0.6 is 0 Å². The maximum Gasteiger partial charge on any atom is 0.161 e. The van der Waals surface area contributed by atoms with E-state index in [2.05, 4.69) is 9.55 Å². The molecule has 3 rings (SSSR count). The van der Waals surface area contributed by atoms with Gasteiger partial charge in [-0.2, -0.15) is 0 Å². The molecule has 0 amide bonds. The molecule has 1 aliphatic rings. The second-order valence-corrected chi connectivity index (χ2v) is 5.06. The summed E-state index contributed by atoms with van der Waals surface area (Å²) in [5, 5.41) is 0. The number of imidazole rings is 1. The molecule has 1 heterocycles. The van der Waals surface area contributed by atoms with Gasteiger partial charge in [-0.25, -0.2) is 4.98 Å². The van der Waals surface area contributed by atoms with Gasteiger partial charge in [-0.15, -0.1) is 0 Å². The zero-order valence-corrected chi connectivity index (χ0v) is 12.0. The maximum atomic E-state index is 6.27. The number of aryl methyl sites for hydroxylation is 1.